The fourth-order valence-electron chi connectivity index (χ4n) is 1.58. The van der Waals surface area contributed by atoms with Gasteiger partial charge in [-0.25, -0.2) is 10.1 Å². The molecule has 0 bridgehead atoms. The van der Waals surface area contributed by atoms with Crippen molar-refractivity contribution in [2.75, 3.05) is 0 Å². The Morgan fingerprint density at radius 2 is 1.89 bits per heavy atom. The average molecular weight is 239 g/mol. The monoisotopic (exact) mass is 239 g/mol. The van der Waals surface area contributed by atoms with Crippen LogP contribution in [0.1, 0.15) is 5.56 Å². The molecule has 0 aliphatic carbocycles. The standard InChI is InChI=1S/C12H9N5O/c18-17-8-2-1-3-10(17)12-14-11(15-16-12)9-4-6-13-7-5-9/h1-8,18H/b12-10-. The van der Waals surface area contributed by atoms with Crippen molar-refractivity contribution >= 4 is 5.84 Å². The van der Waals surface area contributed by atoms with E-state index < -0.39 is 0 Å². The van der Waals surface area contributed by atoms with Gasteiger partial charge in [0, 0.05) is 24.2 Å². The lowest BCUT2D eigenvalue weighted by molar-refractivity contribution is -0.00153. The summed E-state index contributed by atoms with van der Waals surface area (Å²) in [6.45, 7) is 0. The van der Waals surface area contributed by atoms with Crippen LogP contribution in [-0.2, 0) is 0 Å². The van der Waals surface area contributed by atoms with Gasteiger partial charge >= 0.3 is 0 Å². The quantitative estimate of drug-likeness (QED) is 0.816. The first-order chi connectivity index (χ1) is 8.84. The van der Waals surface area contributed by atoms with Crippen molar-refractivity contribution in [2.24, 2.45) is 15.2 Å². The highest BCUT2D eigenvalue weighted by molar-refractivity contribution is 6.00. The normalized spacial score (nSPS) is 21.6. The van der Waals surface area contributed by atoms with Crippen LogP contribution in [0, 0.1) is 0 Å². The minimum Gasteiger partial charge on any atom is -0.284 e. The van der Waals surface area contributed by atoms with E-state index in [9.17, 15) is 5.21 Å². The second-order valence-corrected chi connectivity index (χ2v) is 3.63. The molecule has 6 heteroatoms. The van der Waals surface area contributed by atoms with E-state index in [-0.39, 0.29) is 0 Å². The summed E-state index contributed by atoms with van der Waals surface area (Å²) in [4.78, 5) is 8.21. The summed E-state index contributed by atoms with van der Waals surface area (Å²) in [5.41, 5.74) is 1.33. The molecule has 0 spiro atoms. The van der Waals surface area contributed by atoms with E-state index >= 15 is 0 Å². The molecule has 0 radical (unpaired) electrons. The summed E-state index contributed by atoms with van der Waals surface area (Å²) in [5, 5.41) is 18.6. The number of amidine groups is 1. The molecular formula is C12H9N5O. The number of hydroxylamine groups is 2. The van der Waals surface area contributed by atoms with Crippen molar-refractivity contribution < 1.29 is 5.21 Å². The Kier molecular flexibility index (Phi) is 2.54. The molecule has 0 saturated carbocycles. The molecule has 0 unspecified atom stereocenters. The average Bonchev–Trinajstić information content (AvgIpc) is 2.90. The number of aliphatic imine (C=N–C) groups is 1. The predicted octanol–water partition coefficient (Wildman–Crippen LogP) is 2.24. The van der Waals surface area contributed by atoms with Crippen LogP contribution in [-0.4, -0.2) is 21.1 Å². The third-order valence-corrected chi connectivity index (χ3v) is 2.46. The van der Waals surface area contributed by atoms with Gasteiger partial charge in [-0.2, -0.15) is 0 Å². The van der Waals surface area contributed by atoms with Crippen LogP contribution in [0.2, 0.25) is 0 Å². The fourth-order valence-corrected chi connectivity index (χ4v) is 1.58. The minimum absolute atomic E-state index is 0.380. The Balaban J connectivity index is 1.98. The second kappa shape index (κ2) is 4.34. The van der Waals surface area contributed by atoms with Crippen LogP contribution < -0.4 is 0 Å². The number of nitrogens with zero attached hydrogens (tertiary/aromatic N) is 5. The highest BCUT2D eigenvalue weighted by Gasteiger charge is 2.16. The van der Waals surface area contributed by atoms with Crippen molar-refractivity contribution in [3.63, 3.8) is 0 Å². The molecule has 3 heterocycles. The van der Waals surface area contributed by atoms with Crippen molar-refractivity contribution in [1.29, 1.82) is 0 Å². The summed E-state index contributed by atoms with van der Waals surface area (Å²) >= 11 is 0. The molecule has 1 aromatic heterocycles. The molecule has 3 rings (SSSR count). The van der Waals surface area contributed by atoms with E-state index in [1.165, 1.54) is 6.20 Å². The van der Waals surface area contributed by atoms with Crippen LogP contribution in [0.5, 0.6) is 0 Å². The second-order valence-electron chi connectivity index (χ2n) is 3.63. The summed E-state index contributed by atoms with van der Waals surface area (Å²) in [7, 11) is 0. The Morgan fingerprint density at radius 3 is 2.67 bits per heavy atom. The molecule has 88 valence electrons. The molecular weight excluding hydrogens is 230 g/mol. The molecule has 2 aliphatic rings. The van der Waals surface area contributed by atoms with Gasteiger partial charge in [0.05, 0.1) is 0 Å². The molecule has 0 amide bonds. The maximum absolute atomic E-state index is 9.64. The number of allylic oxidation sites excluding steroid dienone is 3. The smallest absolute Gasteiger partial charge is 0.203 e. The van der Waals surface area contributed by atoms with Gasteiger partial charge in [-0.05, 0) is 24.3 Å². The van der Waals surface area contributed by atoms with E-state index in [1.807, 2.05) is 0 Å². The van der Waals surface area contributed by atoms with Crippen LogP contribution in [0.25, 0.3) is 0 Å². The van der Waals surface area contributed by atoms with Crippen LogP contribution in [0.15, 0.2) is 75.7 Å². The predicted molar refractivity (Wildman–Crippen MR) is 64.6 cm³/mol. The number of rotatable bonds is 1. The van der Waals surface area contributed by atoms with E-state index in [0.29, 0.717) is 17.4 Å². The molecule has 0 aromatic carbocycles. The Morgan fingerprint density at radius 1 is 1.06 bits per heavy atom. The van der Waals surface area contributed by atoms with E-state index in [4.69, 9.17) is 0 Å². The van der Waals surface area contributed by atoms with Gasteiger partial charge in [-0.3, -0.25) is 10.2 Å². The van der Waals surface area contributed by atoms with Gasteiger partial charge in [-0.15, -0.1) is 10.2 Å². The lowest BCUT2D eigenvalue weighted by Crippen LogP contribution is -2.12. The zero-order chi connectivity index (χ0) is 12.4. The lowest BCUT2D eigenvalue weighted by atomic mass is 10.2. The first kappa shape index (κ1) is 10.5. The van der Waals surface area contributed by atoms with Gasteiger partial charge in [0.15, 0.2) is 5.84 Å². The first-order valence-corrected chi connectivity index (χ1v) is 5.33. The molecule has 0 saturated heterocycles. The summed E-state index contributed by atoms with van der Waals surface area (Å²) in [6.07, 6.45) is 10.1. The van der Waals surface area contributed by atoms with Gasteiger partial charge in [0.1, 0.15) is 5.70 Å². The number of azo groups is 1. The van der Waals surface area contributed by atoms with Gasteiger partial charge in [0.25, 0.3) is 0 Å². The molecule has 0 atom stereocenters. The van der Waals surface area contributed by atoms with Crippen LogP contribution in [0.3, 0.4) is 0 Å². The molecule has 1 N–H and O–H groups in total. The highest BCUT2D eigenvalue weighted by atomic mass is 16.5. The number of pyridine rings is 1. The van der Waals surface area contributed by atoms with E-state index in [2.05, 4.69) is 20.2 Å². The van der Waals surface area contributed by atoms with Crippen molar-refractivity contribution in [1.82, 2.24) is 10.0 Å². The zero-order valence-electron chi connectivity index (χ0n) is 9.30. The van der Waals surface area contributed by atoms with Gasteiger partial charge in [-0.1, -0.05) is 6.08 Å². The first-order valence-electron chi connectivity index (χ1n) is 5.33. The SMILES string of the molecule is ON1C=CC=C/C1=C1/N=NC(c2ccncc2)=N1. The largest absolute Gasteiger partial charge is 0.284 e. The summed E-state index contributed by atoms with van der Waals surface area (Å²) in [5.74, 6) is 0.890. The fraction of sp³-hybridized carbons (Fsp3) is 0. The number of hydrogen-bond donors (Lipinski definition) is 1. The number of aromatic nitrogens is 1. The van der Waals surface area contributed by atoms with Crippen LogP contribution in [0.4, 0.5) is 0 Å². The molecule has 18 heavy (non-hydrogen) atoms. The molecule has 6 nitrogen and oxygen atoms in total. The van der Waals surface area contributed by atoms with Gasteiger partial charge < -0.3 is 0 Å². The minimum atomic E-state index is 0.380. The van der Waals surface area contributed by atoms with E-state index in [0.717, 1.165) is 10.6 Å². The highest BCUT2D eigenvalue weighted by Crippen LogP contribution is 2.22. The van der Waals surface area contributed by atoms with Gasteiger partial charge in [0.2, 0.25) is 5.82 Å². The van der Waals surface area contributed by atoms with Crippen molar-refractivity contribution in [3.8, 4) is 0 Å². The van der Waals surface area contributed by atoms with E-state index in [1.54, 1.807) is 42.8 Å². The molecule has 0 fully saturated rings. The molecule has 2 aliphatic heterocycles. The number of hydrogen-bond acceptors (Lipinski definition) is 6. The third kappa shape index (κ3) is 1.85. The topological polar surface area (TPSA) is 73.4 Å². The lowest BCUT2D eigenvalue weighted by Gasteiger charge is -2.14. The summed E-state index contributed by atoms with van der Waals surface area (Å²) < 4.78 is 0. The molecule has 1 aromatic rings. The van der Waals surface area contributed by atoms with Crippen molar-refractivity contribution in [2.45, 2.75) is 0 Å². The summed E-state index contributed by atoms with van der Waals surface area (Å²) in [6, 6.07) is 3.61. The maximum Gasteiger partial charge on any atom is 0.203 e. The van der Waals surface area contributed by atoms with Crippen LogP contribution >= 0.6 is 0 Å². The Labute approximate surface area is 103 Å². The van der Waals surface area contributed by atoms with Crippen molar-refractivity contribution in [3.05, 3.63) is 66.0 Å². The Bertz CT molecular complexity index is 613. The maximum atomic E-state index is 9.64. The third-order valence-electron chi connectivity index (χ3n) is 2.46. The zero-order valence-corrected chi connectivity index (χ0v) is 9.30. The Hall–Kier alpha value is -2.60.